The minimum atomic E-state index is -3.74. The molecule has 1 rings (SSSR count). The minimum absolute atomic E-state index is 0.0648. The number of ether oxygens (including phenoxy) is 1. The van der Waals surface area contributed by atoms with Gasteiger partial charge in [0, 0.05) is 32.0 Å². The second-order valence-corrected chi connectivity index (χ2v) is 6.98. The summed E-state index contributed by atoms with van der Waals surface area (Å²) in [7, 11) is -2.21. The molecular weight excluding hydrogens is 320 g/mol. The maximum Gasteiger partial charge on any atom is 0.337 e. The van der Waals surface area contributed by atoms with Crippen LogP contribution in [0.3, 0.4) is 0 Å². The Balaban J connectivity index is 3.00. The smallest absolute Gasteiger partial charge is 0.337 e. The number of methoxy groups -OCH3 is 1. The average Bonchev–Trinajstić information content (AvgIpc) is 2.51. The van der Waals surface area contributed by atoms with Crippen molar-refractivity contribution in [1.82, 2.24) is 4.72 Å². The fourth-order valence-corrected chi connectivity index (χ4v) is 2.97. The monoisotopic (exact) mass is 344 g/mol. The van der Waals surface area contributed by atoms with Gasteiger partial charge in [0.05, 0.1) is 10.5 Å². The van der Waals surface area contributed by atoms with Crippen molar-refractivity contribution < 1.29 is 23.1 Å². The average molecular weight is 344 g/mol. The number of benzene rings is 1. The van der Waals surface area contributed by atoms with E-state index < -0.39 is 16.0 Å². The van der Waals surface area contributed by atoms with E-state index in [1.54, 1.807) is 0 Å². The van der Waals surface area contributed by atoms with Crippen molar-refractivity contribution in [3.8, 4) is 0 Å². The molecule has 7 nitrogen and oxygen atoms in total. The highest BCUT2D eigenvalue weighted by molar-refractivity contribution is 7.89. The van der Waals surface area contributed by atoms with Gasteiger partial charge >= 0.3 is 5.97 Å². The number of carbonyl (C=O) groups is 1. The predicted molar refractivity (Wildman–Crippen MR) is 88.5 cm³/mol. The Labute approximate surface area is 137 Å². The van der Waals surface area contributed by atoms with Gasteiger partial charge in [-0.3, -0.25) is 0 Å². The third-order valence-electron chi connectivity index (χ3n) is 3.36. The van der Waals surface area contributed by atoms with Crippen LogP contribution in [0, 0.1) is 0 Å². The number of aromatic carboxylic acids is 1. The lowest BCUT2D eigenvalue weighted by Crippen LogP contribution is -2.26. The summed E-state index contributed by atoms with van der Waals surface area (Å²) in [5.74, 6) is -1.17. The maximum absolute atomic E-state index is 12.2. The number of carboxylic acid groups (broad SMARTS) is 1. The molecule has 23 heavy (non-hydrogen) atoms. The SMILES string of the molecule is CCC(C)Nc1ccc(S(=O)(=O)NCCCOC)cc1C(=O)O. The van der Waals surface area contributed by atoms with Crippen LogP contribution in [0.2, 0.25) is 0 Å². The molecule has 8 heteroatoms. The number of hydrogen-bond acceptors (Lipinski definition) is 5. The highest BCUT2D eigenvalue weighted by Crippen LogP contribution is 2.22. The first-order valence-corrected chi connectivity index (χ1v) is 8.92. The van der Waals surface area contributed by atoms with Gasteiger partial charge in [0.1, 0.15) is 0 Å². The van der Waals surface area contributed by atoms with Crippen LogP contribution in [0.4, 0.5) is 5.69 Å². The van der Waals surface area contributed by atoms with E-state index in [1.165, 1.54) is 25.3 Å². The van der Waals surface area contributed by atoms with Gasteiger partial charge in [-0.05, 0) is 38.0 Å². The number of carboxylic acids is 1. The van der Waals surface area contributed by atoms with Crippen LogP contribution in [0.15, 0.2) is 23.1 Å². The lowest BCUT2D eigenvalue weighted by atomic mass is 10.1. The largest absolute Gasteiger partial charge is 0.478 e. The first-order valence-electron chi connectivity index (χ1n) is 7.44. The molecule has 1 unspecified atom stereocenters. The van der Waals surface area contributed by atoms with Crippen molar-refractivity contribution in [2.24, 2.45) is 0 Å². The van der Waals surface area contributed by atoms with E-state index in [1.807, 2.05) is 13.8 Å². The molecule has 1 atom stereocenters. The van der Waals surface area contributed by atoms with E-state index in [9.17, 15) is 18.3 Å². The van der Waals surface area contributed by atoms with E-state index in [-0.39, 0.29) is 23.0 Å². The summed E-state index contributed by atoms with van der Waals surface area (Å²) in [6, 6.07) is 4.14. The van der Waals surface area contributed by atoms with E-state index >= 15 is 0 Å². The Morgan fingerprint density at radius 1 is 1.39 bits per heavy atom. The molecule has 130 valence electrons. The minimum Gasteiger partial charge on any atom is -0.478 e. The van der Waals surface area contributed by atoms with Crippen LogP contribution in [0.5, 0.6) is 0 Å². The van der Waals surface area contributed by atoms with Crippen molar-refractivity contribution in [2.45, 2.75) is 37.6 Å². The second-order valence-electron chi connectivity index (χ2n) is 5.21. The Hall–Kier alpha value is -1.64. The van der Waals surface area contributed by atoms with Gasteiger partial charge in [-0.1, -0.05) is 6.92 Å². The van der Waals surface area contributed by atoms with Gasteiger partial charge in [-0.25, -0.2) is 17.9 Å². The molecule has 0 saturated heterocycles. The lowest BCUT2D eigenvalue weighted by Gasteiger charge is -2.16. The van der Waals surface area contributed by atoms with Crippen molar-refractivity contribution in [3.05, 3.63) is 23.8 Å². The summed E-state index contributed by atoms with van der Waals surface area (Å²) in [5, 5.41) is 12.4. The van der Waals surface area contributed by atoms with Gasteiger partial charge in [0.15, 0.2) is 0 Å². The van der Waals surface area contributed by atoms with Gasteiger partial charge in [0.2, 0.25) is 10.0 Å². The van der Waals surface area contributed by atoms with Gasteiger partial charge < -0.3 is 15.2 Å². The Bertz CT molecular complexity index is 631. The number of sulfonamides is 1. The molecule has 3 N–H and O–H groups in total. The Morgan fingerprint density at radius 2 is 2.09 bits per heavy atom. The maximum atomic E-state index is 12.2. The summed E-state index contributed by atoms with van der Waals surface area (Å²) in [6.45, 7) is 4.57. The highest BCUT2D eigenvalue weighted by Gasteiger charge is 2.19. The first kappa shape index (κ1) is 19.4. The fourth-order valence-electron chi connectivity index (χ4n) is 1.87. The van der Waals surface area contributed by atoms with Gasteiger partial charge in [0.25, 0.3) is 0 Å². The number of nitrogens with one attached hydrogen (secondary N) is 2. The predicted octanol–water partition coefficient (Wildman–Crippen LogP) is 1.91. The molecule has 0 saturated carbocycles. The zero-order valence-corrected chi connectivity index (χ0v) is 14.4. The molecule has 0 heterocycles. The van der Waals surface area contributed by atoms with Crippen LogP contribution in [-0.4, -0.2) is 45.8 Å². The first-order chi connectivity index (χ1) is 10.8. The standard InChI is InChI=1S/C15H24N2O5S/c1-4-11(2)17-14-7-6-12(10-13(14)15(18)19)23(20,21)16-8-5-9-22-3/h6-7,10-11,16-17H,4-5,8-9H2,1-3H3,(H,18,19). The normalized spacial score (nSPS) is 12.8. The summed E-state index contributed by atoms with van der Waals surface area (Å²) in [5.41, 5.74) is 0.343. The van der Waals surface area contributed by atoms with Crippen molar-refractivity contribution in [1.29, 1.82) is 0 Å². The molecule has 0 radical (unpaired) electrons. The summed E-state index contributed by atoms with van der Waals surface area (Å²) in [4.78, 5) is 11.3. The molecule has 1 aromatic carbocycles. The number of anilines is 1. The van der Waals surface area contributed by atoms with Crippen LogP contribution < -0.4 is 10.0 Å². The van der Waals surface area contributed by atoms with E-state index in [0.717, 1.165) is 6.42 Å². The Kier molecular flexibility index (Phi) is 7.47. The Morgan fingerprint density at radius 3 is 2.65 bits per heavy atom. The quantitative estimate of drug-likeness (QED) is 0.560. The van der Waals surface area contributed by atoms with Crippen molar-refractivity contribution in [2.75, 3.05) is 25.6 Å². The number of rotatable bonds is 10. The highest BCUT2D eigenvalue weighted by atomic mass is 32.2. The lowest BCUT2D eigenvalue weighted by molar-refractivity contribution is 0.0697. The van der Waals surface area contributed by atoms with Gasteiger partial charge in [-0.15, -0.1) is 0 Å². The second kappa shape index (κ2) is 8.85. The number of hydrogen-bond donors (Lipinski definition) is 3. The molecule has 0 aromatic heterocycles. The molecule has 1 aromatic rings. The fraction of sp³-hybridized carbons (Fsp3) is 0.533. The molecule has 0 aliphatic carbocycles. The molecule has 0 aliphatic heterocycles. The van der Waals surface area contributed by atoms with Crippen LogP contribution in [-0.2, 0) is 14.8 Å². The topological polar surface area (TPSA) is 105 Å². The third-order valence-corrected chi connectivity index (χ3v) is 4.82. The van der Waals surface area contributed by atoms with Crippen LogP contribution in [0.25, 0.3) is 0 Å². The molecule has 0 spiro atoms. The van der Waals surface area contributed by atoms with Crippen molar-refractivity contribution >= 4 is 21.7 Å². The van der Waals surface area contributed by atoms with E-state index in [2.05, 4.69) is 10.0 Å². The van der Waals surface area contributed by atoms with Crippen LogP contribution in [0.1, 0.15) is 37.0 Å². The molecule has 0 fully saturated rings. The zero-order valence-electron chi connectivity index (χ0n) is 13.6. The molecule has 0 amide bonds. The van der Waals surface area contributed by atoms with Crippen LogP contribution >= 0.6 is 0 Å². The summed E-state index contributed by atoms with van der Waals surface area (Å²) < 4.78 is 31.7. The summed E-state index contributed by atoms with van der Waals surface area (Å²) in [6.07, 6.45) is 1.36. The zero-order chi connectivity index (χ0) is 17.5. The van der Waals surface area contributed by atoms with E-state index in [0.29, 0.717) is 18.7 Å². The van der Waals surface area contributed by atoms with Gasteiger partial charge in [-0.2, -0.15) is 0 Å². The van der Waals surface area contributed by atoms with E-state index in [4.69, 9.17) is 4.74 Å². The molecule has 0 aliphatic rings. The third kappa shape index (κ3) is 5.81. The van der Waals surface area contributed by atoms with Crippen molar-refractivity contribution in [3.63, 3.8) is 0 Å². The molecular formula is C15H24N2O5S. The summed E-state index contributed by atoms with van der Waals surface area (Å²) >= 11 is 0. The molecule has 0 bridgehead atoms.